The molecule has 0 spiro atoms. The lowest BCUT2D eigenvalue weighted by molar-refractivity contribution is -0.139. The molecule has 1 aromatic carbocycles. The molecule has 114 valence electrons. The molecule has 0 radical (unpaired) electrons. The Morgan fingerprint density at radius 3 is 2.50 bits per heavy atom. The highest BCUT2D eigenvalue weighted by molar-refractivity contribution is 7.89. The lowest BCUT2D eigenvalue weighted by Gasteiger charge is -2.17. The van der Waals surface area contributed by atoms with Gasteiger partial charge in [-0.2, -0.15) is 13.2 Å². The summed E-state index contributed by atoms with van der Waals surface area (Å²) in [4.78, 5) is -0.864. The van der Waals surface area contributed by atoms with E-state index in [1.54, 1.807) is 0 Å². The number of hydrogen-bond acceptors (Lipinski definition) is 3. The Hall–Kier alpha value is -0.830. The van der Waals surface area contributed by atoms with Crippen LogP contribution in [0.15, 0.2) is 23.1 Å². The summed E-state index contributed by atoms with van der Waals surface area (Å²) in [7, 11) is -2.97. The number of methoxy groups -OCH3 is 1. The van der Waals surface area contributed by atoms with Crippen molar-refractivity contribution in [2.45, 2.75) is 24.0 Å². The monoisotopic (exact) mass is 331 g/mol. The predicted octanol–water partition coefficient (Wildman–Crippen LogP) is 2.67. The Morgan fingerprint density at radius 2 is 2.00 bits per heavy atom. The van der Waals surface area contributed by atoms with E-state index in [1.807, 2.05) is 0 Å². The molecule has 0 aliphatic rings. The smallest absolute Gasteiger partial charge is 0.383 e. The number of alkyl halides is 3. The lowest BCUT2D eigenvalue weighted by Crippen LogP contribution is -2.36. The molecule has 0 heterocycles. The van der Waals surface area contributed by atoms with E-state index >= 15 is 0 Å². The Bertz CT molecular complexity index is 575. The standard InChI is InChI=1S/C11H13ClF3NO3S/c1-7(6-19-2)16-20(17,18)10-4-3-8(12)5-9(10)11(13,14)15/h3-5,7,16H,6H2,1-2H3/t7-/m0/s1. The second kappa shape index (κ2) is 6.30. The Morgan fingerprint density at radius 1 is 1.40 bits per heavy atom. The van der Waals surface area contributed by atoms with Crippen LogP contribution in [0.5, 0.6) is 0 Å². The van der Waals surface area contributed by atoms with Crippen LogP contribution in [-0.4, -0.2) is 28.2 Å². The number of rotatable bonds is 5. The maximum absolute atomic E-state index is 12.9. The number of hydrogen-bond donors (Lipinski definition) is 1. The number of ether oxygens (including phenoxy) is 1. The van der Waals surface area contributed by atoms with Gasteiger partial charge in [-0.05, 0) is 25.1 Å². The SMILES string of the molecule is COC[C@H](C)NS(=O)(=O)c1ccc(Cl)cc1C(F)(F)F. The average molecular weight is 332 g/mol. The van der Waals surface area contributed by atoms with Crippen molar-refractivity contribution < 1.29 is 26.3 Å². The van der Waals surface area contributed by atoms with E-state index in [0.29, 0.717) is 6.07 Å². The topological polar surface area (TPSA) is 55.4 Å². The van der Waals surface area contributed by atoms with Crippen molar-refractivity contribution in [3.8, 4) is 0 Å². The number of benzene rings is 1. The molecule has 0 saturated carbocycles. The molecule has 20 heavy (non-hydrogen) atoms. The maximum Gasteiger partial charge on any atom is 0.417 e. The molecular weight excluding hydrogens is 319 g/mol. The fourth-order valence-corrected chi connectivity index (χ4v) is 3.18. The van der Waals surface area contributed by atoms with Crippen molar-refractivity contribution in [2.75, 3.05) is 13.7 Å². The van der Waals surface area contributed by atoms with Crippen LogP contribution in [0.2, 0.25) is 5.02 Å². The first-order chi connectivity index (χ1) is 9.08. The Kier molecular flexibility index (Phi) is 5.42. The second-order valence-corrected chi connectivity index (χ2v) is 6.23. The number of sulfonamides is 1. The van der Waals surface area contributed by atoms with Crippen molar-refractivity contribution in [3.05, 3.63) is 28.8 Å². The van der Waals surface area contributed by atoms with Gasteiger partial charge in [0, 0.05) is 18.2 Å². The van der Waals surface area contributed by atoms with Crippen LogP contribution in [0, 0.1) is 0 Å². The lowest BCUT2D eigenvalue weighted by atomic mass is 10.2. The maximum atomic E-state index is 12.9. The highest BCUT2D eigenvalue weighted by Gasteiger charge is 2.37. The van der Waals surface area contributed by atoms with Crippen LogP contribution in [0.1, 0.15) is 12.5 Å². The minimum absolute atomic E-state index is 0.0359. The van der Waals surface area contributed by atoms with Crippen molar-refractivity contribution in [2.24, 2.45) is 0 Å². The normalized spacial score (nSPS) is 14.3. The van der Waals surface area contributed by atoms with E-state index in [0.717, 1.165) is 12.1 Å². The third-order valence-corrected chi connectivity index (χ3v) is 4.19. The fourth-order valence-electron chi connectivity index (χ4n) is 1.57. The van der Waals surface area contributed by atoms with E-state index in [4.69, 9.17) is 16.3 Å². The summed E-state index contributed by atoms with van der Waals surface area (Å²) in [5.74, 6) is 0. The molecule has 1 atom stereocenters. The molecule has 1 N–H and O–H groups in total. The average Bonchev–Trinajstić information content (AvgIpc) is 2.26. The molecule has 1 aromatic rings. The van der Waals surface area contributed by atoms with Gasteiger partial charge >= 0.3 is 6.18 Å². The van der Waals surface area contributed by atoms with Gasteiger partial charge in [0.15, 0.2) is 0 Å². The van der Waals surface area contributed by atoms with E-state index in [1.165, 1.54) is 14.0 Å². The van der Waals surface area contributed by atoms with Gasteiger partial charge in [0.1, 0.15) is 0 Å². The minimum atomic E-state index is -4.82. The summed E-state index contributed by atoms with van der Waals surface area (Å²) < 4.78 is 69.4. The van der Waals surface area contributed by atoms with E-state index < -0.39 is 32.7 Å². The van der Waals surface area contributed by atoms with Gasteiger partial charge in [-0.15, -0.1) is 0 Å². The zero-order valence-electron chi connectivity index (χ0n) is 10.7. The summed E-state index contributed by atoms with van der Waals surface area (Å²) >= 11 is 5.49. The van der Waals surface area contributed by atoms with Gasteiger partial charge in [0.05, 0.1) is 17.1 Å². The van der Waals surface area contributed by atoms with E-state index in [-0.39, 0.29) is 11.6 Å². The highest BCUT2D eigenvalue weighted by atomic mass is 35.5. The number of halogens is 4. The van der Waals surface area contributed by atoms with Crippen LogP contribution in [0.25, 0.3) is 0 Å². The van der Waals surface area contributed by atoms with Crippen LogP contribution < -0.4 is 4.72 Å². The van der Waals surface area contributed by atoms with Crippen LogP contribution in [0.3, 0.4) is 0 Å². The first-order valence-corrected chi connectivity index (χ1v) is 7.32. The van der Waals surface area contributed by atoms with Crippen molar-refractivity contribution in [1.29, 1.82) is 0 Å². The summed E-state index contributed by atoms with van der Waals surface area (Å²) in [5, 5.41) is -0.193. The van der Waals surface area contributed by atoms with Gasteiger partial charge < -0.3 is 4.74 Å². The van der Waals surface area contributed by atoms with Crippen LogP contribution >= 0.6 is 11.6 Å². The van der Waals surface area contributed by atoms with Crippen LogP contribution in [-0.2, 0) is 20.9 Å². The van der Waals surface area contributed by atoms with Gasteiger partial charge in [-0.1, -0.05) is 11.6 Å². The molecule has 1 rings (SSSR count). The summed E-state index contributed by atoms with van der Waals surface area (Å²) in [6.45, 7) is 1.51. The largest absolute Gasteiger partial charge is 0.417 e. The molecule has 0 fully saturated rings. The van der Waals surface area contributed by atoms with Gasteiger partial charge in [-0.25, -0.2) is 13.1 Å². The summed E-state index contributed by atoms with van der Waals surface area (Å²) in [5.41, 5.74) is -1.30. The van der Waals surface area contributed by atoms with E-state index in [9.17, 15) is 21.6 Å². The summed E-state index contributed by atoms with van der Waals surface area (Å²) in [6.07, 6.45) is -4.82. The molecule has 0 aromatic heterocycles. The first-order valence-electron chi connectivity index (χ1n) is 5.46. The van der Waals surface area contributed by atoms with Gasteiger partial charge in [-0.3, -0.25) is 0 Å². The quantitative estimate of drug-likeness (QED) is 0.902. The molecule has 0 amide bonds. The van der Waals surface area contributed by atoms with Crippen molar-refractivity contribution in [1.82, 2.24) is 4.72 Å². The molecule has 0 saturated heterocycles. The molecule has 0 unspecified atom stereocenters. The minimum Gasteiger partial charge on any atom is -0.383 e. The summed E-state index contributed by atoms with van der Waals surface area (Å²) in [6, 6.07) is 1.83. The van der Waals surface area contributed by atoms with Gasteiger partial charge in [0.2, 0.25) is 10.0 Å². The van der Waals surface area contributed by atoms with Crippen molar-refractivity contribution in [3.63, 3.8) is 0 Å². The Balaban J connectivity index is 3.25. The zero-order valence-corrected chi connectivity index (χ0v) is 12.2. The molecule has 9 heteroatoms. The number of nitrogens with one attached hydrogen (secondary N) is 1. The van der Waals surface area contributed by atoms with Crippen LogP contribution in [0.4, 0.5) is 13.2 Å². The molecule has 0 bridgehead atoms. The molecular formula is C11H13ClF3NO3S. The van der Waals surface area contributed by atoms with Gasteiger partial charge in [0.25, 0.3) is 0 Å². The highest BCUT2D eigenvalue weighted by Crippen LogP contribution is 2.35. The second-order valence-electron chi connectivity index (χ2n) is 4.12. The molecule has 4 nitrogen and oxygen atoms in total. The molecule has 0 aliphatic heterocycles. The molecule has 0 aliphatic carbocycles. The predicted molar refractivity (Wildman–Crippen MR) is 68.1 cm³/mol. The third-order valence-electron chi connectivity index (χ3n) is 2.31. The third kappa shape index (κ3) is 4.34. The first kappa shape index (κ1) is 17.2. The van der Waals surface area contributed by atoms with E-state index in [2.05, 4.69) is 4.72 Å². The Labute approximate surface area is 119 Å². The zero-order chi connectivity index (χ0) is 15.6. The fraction of sp³-hybridized carbons (Fsp3) is 0.455. The van der Waals surface area contributed by atoms with Crippen molar-refractivity contribution >= 4 is 21.6 Å².